The Morgan fingerprint density at radius 1 is 0.265 bits per heavy atom. The van der Waals surface area contributed by atoms with E-state index in [-0.39, 0.29) is 25.7 Å². The van der Waals surface area contributed by atoms with E-state index in [1.54, 1.807) is 0 Å². The maximum absolute atomic E-state index is 13.1. The lowest BCUT2D eigenvalue weighted by molar-refractivity contribution is -0.161. The van der Waals surface area contributed by atoms with Gasteiger partial charge in [-0.25, -0.2) is 9.13 Å². The first kappa shape index (κ1) is 100. The van der Waals surface area contributed by atoms with Crippen molar-refractivity contribution in [3.8, 4) is 0 Å². The fourth-order valence-electron chi connectivity index (χ4n) is 12.9. The van der Waals surface area contributed by atoms with Crippen LogP contribution in [0.15, 0.2) is 0 Å². The Kier molecular flexibility index (Phi) is 73.1. The van der Waals surface area contributed by atoms with Crippen molar-refractivity contribution in [1.82, 2.24) is 0 Å². The van der Waals surface area contributed by atoms with Crippen molar-refractivity contribution in [2.75, 3.05) is 39.6 Å². The number of unbranched alkanes of at least 4 members (excludes halogenated alkanes) is 52. The van der Waals surface area contributed by atoms with E-state index in [9.17, 15) is 43.2 Å². The Morgan fingerprint density at radius 2 is 0.451 bits per heavy atom. The molecule has 17 nitrogen and oxygen atoms in total. The van der Waals surface area contributed by atoms with Gasteiger partial charge in [0.25, 0.3) is 0 Å². The molecule has 0 saturated carbocycles. The van der Waals surface area contributed by atoms with Crippen LogP contribution in [0.5, 0.6) is 0 Å². The van der Waals surface area contributed by atoms with Crippen LogP contribution in [0.4, 0.5) is 0 Å². The Bertz CT molecular complexity index is 1960. The lowest BCUT2D eigenvalue weighted by Crippen LogP contribution is -2.30. The molecule has 0 aromatic carbocycles. The molecule has 0 fully saturated rings. The summed E-state index contributed by atoms with van der Waals surface area (Å²) in [5.74, 6) is -0.716. The summed E-state index contributed by atoms with van der Waals surface area (Å²) in [6.45, 7) is 9.51. The molecule has 0 radical (unpaired) electrons. The number of aliphatic hydroxyl groups is 1. The van der Waals surface area contributed by atoms with Gasteiger partial charge >= 0.3 is 39.5 Å². The molecule has 0 aliphatic heterocycles. The molecule has 3 N–H and O–H groups in total. The summed E-state index contributed by atoms with van der Waals surface area (Å²) < 4.78 is 68.7. The number of hydrogen-bond donors (Lipinski definition) is 3. The van der Waals surface area contributed by atoms with Gasteiger partial charge in [0, 0.05) is 25.7 Å². The zero-order chi connectivity index (χ0) is 74.9. The second kappa shape index (κ2) is 74.5. The second-order valence-corrected chi connectivity index (χ2v) is 33.7. The monoisotopic (exact) mass is 1490 g/mol. The molecule has 5 atom stereocenters. The Labute approximate surface area is 626 Å². The minimum Gasteiger partial charge on any atom is -0.462 e. The van der Waals surface area contributed by atoms with Crippen molar-refractivity contribution in [2.24, 2.45) is 11.8 Å². The summed E-state index contributed by atoms with van der Waals surface area (Å²) in [6, 6.07) is 0. The third-order valence-corrected chi connectivity index (χ3v) is 21.4. The van der Waals surface area contributed by atoms with Crippen LogP contribution in [0.2, 0.25) is 0 Å². The van der Waals surface area contributed by atoms with Crippen molar-refractivity contribution in [1.29, 1.82) is 0 Å². The fraction of sp³-hybridized carbons (Fsp3) is 0.952. The largest absolute Gasteiger partial charge is 0.472 e. The molecule has 0 aliphatic rings. The van der Waals surface area contributed by atoms with Crippen LogP contribution in [0.3, 0.4) is 0 Å². The maximum atomic E-state index is 13.1. The Morgan fingerprint density at radius 3 is 0.667 bits per heavy atom. The predicted molar refractivity (Wildman–Crippen MR) is 418 cm³/mol. The van der Waals surface area contributed by atoms with Crippen molar-refractivity contribution in [3.05, 3.63) is 0 Å². The third-order valence-electron chi connectivity index (χ3n) is 19.5. The molecule has 0 bridgehead atoms. The average molecular weight is 1490 g/mol. The first-order chi connectivity index (χ1) is 49.4. The van der Waals surface area contributed by atoms with E-state index in [0.29, 0.717) is 31.6 Å². The molecule has 0 rings (SSSR count). The van der Waals surface area contributed by atoms with Crippen LogP contribution in [0.1, 0.15) is 440 Å². The van der Waals surface area contributed by atoms with Crippen molar-refractivity contribution in [3.63, 3.8) is 0 Å². The number of phosphoric acid groups is 2. The molecular formula is C83H162O17P2. The van der Waals surface area contributed by atoms with E-state index < -0.39 is 97.5 Å². The van der Waals surface area contributed by atoms with Crippen LogP contribution >= 0.6 is 15.6 Å². The molecule has 102 heavy (non-hydrogen) atoms. The van der Waals surface area contributed by atoms with Crippen LogP contribution < -0.4 is 0 Å². The van der Waals surface area contributed by atoms with Gasteiger partial charge in [-0.15, -0.1) is 0 Å². The molecule has 0 heterocycles. The number of phosphoric ester groups is 2. The number of ether oxygens (including phenoxy) is 4. The van der Waals surface area contributed by atoms with Crippen LogP contribution in [-0.2, 0) is 65.4 Å². The molecule has 19 heteroatoms. The van der Waals surface area contributed by atoms with E-state index in [1.807, 2.05) is 0 Å². The quantitative estimate of drug-likeness (QED) is 0.0222. The highest BCUT2D eigenvalue weighted by Gasteiger charge is 2.30. The van der Waals surface area contributed by atoms with Crippen molar-refractivity contribution >= 4 is 39.5 Å². The van der Waals surface area contributed by atoms with Crippen LogP contribution in [-0.4, -0.2) is 96.7 Å². The lowest BCUT2D eigenvalue weighted by Gasteiger charge is -2.21. The summed E-state index contributed by atoms with van der Waals surface area (Å²) >= 11 is 0. The van der Waals surface area contributed by atoms with E-state index >= 15 is 0 Å². The van der Waals surface area contributed by atoms with E-state index in [2.05, 4.69) is 41.5 Å². The molecular weight excluding hydrogens is 1330 g/mol. The fourth-order valence-corrected chi connectivity index (χ4v) is 14.5. The molecule has 606 valence electrons. The normalized spacial score (nSPS) is 13.9. The summed E-state index contributed by atoms with van der Waals surface area (Å²) in [6.07, 6.45) is 65.8. The van der Waals surface area contributed by atoms with Gasteiger partial charge in [0.15, 0.2) is 12.2 Å². The average Bonchev–Trinajstić information content (AvgIpc) is 0.916. The highest BCUT2D eigenvalue weighted by Crippen LogP contribution is 2.45. The zero-order valence-electron chi connectivity index (χ0n) is 66.9. The van der Waals surface area contributed by atoms with Gasteiger partial charge in [-0.05, 0) is 37.5 Å². The Hall–Kier alpha value is -1.94. The standard InChI is InChI=1S/C83H162O17P2/c1-7-9-11-13-15-17-19-21-23-25-27-29-30-32-34-36-38-40-42-47-55-61-67-82(87)99-78(71-93-80(85)65-59-53-46-41-39-37-35-33-31-28-26-24-22-20-18-16-14-12-10-8-2)73-97-101(89,90)95-69-77(84)70-96-102(91,92)98-74-79(72-94-81(86)66-60-54-50-49-52-58-64-76(5)6)100-83(88)68-62-56-48-44-43-45-51-57-63-75(3)4/h75-79,84H,7-74H2,1-6H3,(H,89,90)(H,91,92)/t77-,78-,79-/m1/s1. The van der Waals surface area contributed by atoms with Crippen molar-refractivity contribution in [2.45, 2.75) is 458 Å². The van der Waals surface area contributed by atoms with E-state index in [4.69, 9.17) is 37.0 Å². The summed E-state index contributed by atoms with van der Waals surface area (Å²) in [4.78, 5) is 73.0. The number of esters is 4. The summed E-state index contributed by atoms with van der Waals surface area (Å²) in [5.41, 5.74) is 0. The first-order valence-corrected chi connectivity index (χ1v) is 46.0. The second-order valence-electron chi connectivity index (χ2n) is 30.8. The van der Waals surface area contributed by atoms with Gasteiger partial charge in [0.2, 0.25) is 0 Å². The first-order valence-electron chi connectivity index (χ1n) is 43.0. The van der Waals surface area contributed by atoms with Gasteiger partial charge in [0.1, 0.15) is 19.3 Å². The third kappa shape index (κ3) is 76.3. The smallest absolute Gasteiger partial charge is 0.462 e. The maximum Gasteiger partial charge on any atom is 0.472 e. The van der Waals surface area contributed by atoms with Gasteiger partial charge in [0.05, 0.1) is 26.4 Å². The molecule has 0 aliphatic carbocycles. The molecule has 0 spiro atoms. The topological polar surface area (TPSA) is 237 Å². The number of rotatable bonds is 82. The number of aliphatic hydroxyl groups excluding tert-OH is 1. The van der Waals surface area contributed by atoms with Crippen LogP contribution in [0, 0.1) is 11.8 Å². The van der Waals surface area contributed by atoms with Gasteiger partial charge in [-0.1, -0.05) is 388 Å². The Balaban J connectivity index is 5.17. The van der Waals surface area contributed by atoms with E-state index in [0.717, 1.165) is 102 Å². The molecule has 0 amide bonds. The highest BCUT2D eigenvalue weighted by atomic mass is 31.2. The number of carbonyl (C=O) groups is 4. The summed E-state index contributed by atoms with van der Waals surface area (Å²) in [5, 5.41) is 10.6. The molecule has 0 aromatic rings. The number of hydrogen-bond acceptors (Lipinski definition) is 15. The zero-order valence-corrected chi connectivity index (χ0v) is 68.7. The van der Waals surface area contributed by atoms with Crippen molar-refractivity contribution < 1.29 is 80.2 Å². The van der Waals surface area contributed by atoms with Gasteiger partial charge in [-0.2, -0.15) is 0 Å². The number of carbonyl (C=O) groups excluding carboxylic acids is 4. The highest BCUT2D eigenvalue weighted by molar-refractivity contribution is 7.47. The van der Waals surface area contributed by atoms with Gasteiger partial charge in [-0.3, -0.25) is 37.3 Å². The van der Waals surface area contributed by atoms with Gasteiger partial charge < -0.3 is 33.8 Å². The van der Waals surface area contributed by atoms with E-state index in [1.165, 1.54) is 250 Å². The molecule has 0 saturated heterocycles. The lowest BCUT2D eigenvalue weighted by atomic mass is 10.0. The molecule has 2 unspecified atom stereocenters. The SMILES string of the molecule is CCCCCCCCCCCCCCCCCCCCCCCCC(=O)O[C@H](COC(=O)CCCCCCCCCCCCCCCCCCCCCC)COP(=O)(O)OC[C@@H](O)COP(=O)(O)OC[C@@H](COC(=O)CCCCCCCCC(C)C)OC(=O)CCCCCCCCCCC(C)C. The molecule has 0 aromatic heterocycles. The summed E-state index contributed by atoms with van der Waals surface area (Å²) in [7, 11) is -9.92. The minimum atomic E-state index is -4.96. The predicted octanol–water partition coefficient (Wildman–Crippen LogP) is 25.1. The van der Waals surface area contributed by atoms with Crippen LogP contribution in [0.25, 0.3) is 0 Å². The minimum absolute atomic E-state index is 0.104.